The number of carboxylic acid groups (broad SMARTS) is 1. The molecule has 2 heterocycles. The maximum Gasteiger partial charge on any atom is 0.263 e. The van der Waals surface area contributed by atoms with Crippen LogP contribution in [0, 0.1) is 0 Å². The predicted molar refractivity (Wildman–Crippen MR) is 82.6 cm³/mol. The molecule has 4 nitrogen and oxygen atoms in total. The number of carbonyl (C=O) groups excluding carboxylic acids is 2. The van der Waals surface area contributed by atoms with Crippen molar-refractivity contribution in [1.82, 2.24) is 4.90 Å². The van der Waals surface area contributed by atoms with E-state index >= 15 is 0 Å². The minimum Gasteiger partial charge on any atom is -0.549 e. The fourth-order valence-electron chi connectivity index (χ4n) is 3.02. The fraction of sp³-hybridized carbons (Fsp3) is 0.294. The molecule has 2 aromatic rings. The first-order valence-electron chi connectivity index (χ1n) is 7.23. The Kier molecular flexibility index (Phi) is 3.98. The lowest BCUT2D eigenvalue weighted by Gasteiger charge is -2.42. The number of thiophene rings is 1. The summed E-state index contributed by atoms with van der Waals surface area (Å²) >= 11 is 1.41. The van der Waals surface area contributed by atoms with Gasteiger partial charge in [0.2, 0.25) is 0 Å². The highest BCUT2D eigenvalue weighted by Crippen LogP contribution is 2.35. The van der Waals surface area contributed by atoms with Gasteiger partial charge in [0, 0.05) is 18.5 Å². The average Bonchev–Trinajstić information content (AvgIpc) is 3.09. The van der Waals surface area contributed by atoms with E-state index in [1.54, 1.807) is 11.0 Å². The highest BCUT2D eigenvalue weighted by atomic mass is 32.1. The third kappa shape index (κ3) is 2.52. The summed E-state index contributed by atoms with van der Waals surface area (Å²) < 4.78 is 0. The molecular formula is C17H16NO3S-. The van der Waals surface area contributed by atoms with Gasteiger partial charge in [-0.1, -0.05) is 36.4 Å². The van der Waals surface area contributed by atoms with Gasteiger partial charge in [0.1, 0.15) is 0 Å². The van der Waals surface area contributed by atoms with Gasteiger partial charge in [-0.2, -0.15) is 0 Å². The Balaban J connectivity index is 1.79. The SMILES string of the molecule is O=C(c1cccs1)N1CCC(C(=O)[O-])(c2ccccc2)CC1. The number of benzene rings is 1. The van der Waals surface area contributed by atoms with Crippen LogP contribution in [0.25, 0.3) is 0 Å². The van der Waals surface area contributed by atoms with E-state index in [-0.39, 0.29) is 5.91 Å². The third-order valence-corrected chi connectivity index (χ3v) is 5.21. The topological polar surface area (TPSA) is 60.4 Å². The zero-order valence-corrected chi connectivity index (χ0v) is 12.8. The second kappa shape index (κ2) is 5.93. The van der Waals surface area contributed by atoms with Gasteiger partial charge >= 0.3 is 0 Å². The van der Waals surface area contributed by atoms with Crippen molar-refractivity contribution in [3.8, 4) is 0 Å². The average molecular weight is 314 g/mol. The number of aliphatic carboxylic acids is 1. The molecule has 1 amide bonds. The molecule has 22 heavy (non-hydrogen) atoms. The Morgan fingerprint density at radius 3 is 2.27 bits per heavy atom. The summed E-state index contributed by atoms with van der Waals surface area (Å²) in [6.45, 7) is 0.860. The summed E-state index contributed by atoms with van der Waals surface area (Å²) in [6, 6.07) is 12.8. The fourth-order valence-corrected chi connectivity index (χ4v) is 3.71. The highest BCUT2D eigenvalue weighted by molar-refractivity contribution is 7.12. The summed E-state index contributed by atoms with van der Waals surface area (Å²) in [6.07, 6.45) is 0.771. The van der Waals surface area contributed by atoms with Crippen molar-refractivity contribution in [3.05, 3.63) is 58.3 Å². The Bertz CT molecular complexity index is 658. The van der Waals surface area contributed by atoms with Crippen LogP contribution in [0.1, 0.15) is 28.1 Å². The number of hydrogen-bond acceptors (Lipinski definition) is 4. The quantitative estimate of drug-likeness (QED) is 0.866. The molecule has 1 aliphatic rings. The van der Waals surface area contributed by atoms with Gasteiger partial charge in [0.25, 0.3) is 5.91 Å². The van der Waals surface area contributed by atoms with E-state index in [0.29, 0.717) is 30.8 Å². The van der Waals surface area contributed by atoms with Crippen LogP contribution in [0.2, 0.25) is 0 Å². The van der Waals surface area contributed by atoms with Crippen molar-refractivity contribution in [2.24, 2.45) is 0 Å². The largest absolute Gasteiger partial charge is 0.549 e. The van der Waals surface area contributed by atoms with E-state index < -0.39 is 11.4 Å². The lowest BCUT2D eigenvalue weighted by molar-refractivity contribution is -0.315. The molecule has 114 valence electrons. The molecule has 1 aromatic heterocycles. The van der Waals surface area contributed by atoms with E-state index in [0.717, 1.165) is 5.56 Å². The lowest BCUT2D eigenvalue weighted by atomic mass is 9.73. The highest BCUT2D eigenvalue weighted by Gasteiger charge is 2.38. The van der Waals surface area contributed by atoms with Crippen molar-refractivity contribution in [2.75, 3.05) is 13.1 Å². The van der Waals surface area contributed by atoms with Crippen LogP contribution >= 0.6 is 11.3 Å². The monoisotopic (exact) mass is 314 g/mol. The van der Waals surface area contributed by atoms with Crippen molar-refractivity contribution in [3.63, 3.8) is 0 Å². The lowest BCUT2D eigenvalue weighted by Crippen LogP contribution is -2.53. The number of likely N-dealkylation sites (tertiary alicyclic amines) is 1. The molecule has 0 unspecified atom stereocenters. The maximum atomic E-state index is 12.4. The first-order chi connectivity index (χ1) is 10.6. The molecule has 3 rings (SSSR count). The van der Waals surface area contributed by atoms with E-state index in [2.05, 4.69) is 0 Å². The molecule has 0 atom stereocenters. The van der Waals surface area contributed by atoms with Gasteiger partial charge in [-0.15, -0.1) is 11.3 Å². The van der Waals surface area contributed by atoms with Crippen molar-refractivity contribution < 1.29 is 14.7 Å². The predicted octanol–water partition coefficient (Wildman–Crippen LogP) is 1.67. The maximum absolute atomic E-state index is 12.4. The molecule has 1 aliphatic heterocycles. The summed E-state index contributed by atoms with van der Waals surface area (Å²) in [5.41, 5.74) is -0.230. The number of carboxylic acids is 1. The van der Waals surface area contributed by atoms with Crippen LogP contribution in [0.15, 0.2) is 47.8 Å². The molecule has 0 N–H and O–H groups in total. The van der Waals surface area contributed by atoms with E-state index in [4.69, 9.17) is 0 Å². The summed E-state index contributed by atoms with van der Waals surface area (Å²) in [5, 5.41) is 13.6. The molecule has 0 bridgehead atoms. The van der Waals surface area contributed by atoms with E-state index in [1.165, 1.54) is 11.3 Å². The van der Waals surface area contributed by atoms with Crippen molar-refractivity contribution in [2.45, 2.75) is 18.3 Å². The first kappa shape index (κ1) is 14.8. The third-order valence-electron chi connectivity index (χ3n) is 4.35. The molecule has 0 aliphatic carbocycles. The number of nitrogens with zero attached hydrogens (tertiary/aromatic N) is 1. The summed E-state index contributed by atoms with van der Waals surface area (Å²) in [5.74, 6) is -1.07. The number of piperidine rings is 1. The van der Waals surface area contributed by atoms with Crippen LogP contribution in [0.4, 0.5) is 0 Å². The Morgan fingerprint density at radius 1 is 1.05 bits per heavy atom. The van der Waals surface area contributed by atoms with E-state index in [1.807, 2.05) is 41.8 Å². The molecule has 1 saturated heterocycles. The van der Waals surface area contributed by atoms with E-state index in [9.17, 15) is 14.7 Å². The summed E-state index contributed by atoms with van der Waals surface area (Å²) in [4.78, 5) is 26.5. The first-order valence-corrected chi connectivity index (χ1v) is 8.11. The van der Waals surface area contributed by atoms with Gasteiger partial charge in [-0.25, -0.2) is 0 Å². The van der Waals surface area contributed by atoms with Crippen LogP contribution < -0.4 is 5.11 Å². The Labute approximate surface area is 133 Å². The van der Waals surface area contributed by atoms with Gasteiger partial charge in [-0.05, 0) is 29.9 Å². The van der Waals surface area contributed by atoms with Crippen LogP contribution in [-0.4, -0.2) is 29.9 Å². The zero-order chi connectivity index (χ0) is 15.6. The molecule has 0 saturated carbocycles. The minimum absolute atomic E-state index is 0.0185. The van der Waals surface area contributed by atoms with Gasteiger partial charge < -0.3 is 14.8 Å². The molecular weight excluding hydrogens is 298 g/mol. The number of hydrogen-bond donors (Lipinski definition) is 0. The van der Waals surface area contributed by atoms with Crippen molar-refractivity contribution >= 4 is 23.2 Å². The molecule has 1 fully saturated rings. The minimum atomic E-state index is -1.05. The van der Waals surface area contributed by atoms with Crippen molar-refractivity contribution in [1.29, 1.82) is 0 Å². The van der Waals surface area contributed by atoms with Crippen LogP contribution in [0.5, 0.6) is 0 Å². The summed E-state index contributed by atoms with van der Waals surface area (Å²) in [7, 11) is 0. The number of carbonyl (C=O) groups is 2. The second-order valence-electron chi connectivity index (χ2n) is 5.51. The normalized spacial score (nSPS) is 17.2. The standard InChI is InChI=1S/C17H17NO3S/c19-15(14-7-4-12-22-14)18-10-8-17(9-11-18,16(20)21)13-5-2-1-3-6-13/h1-7,12H,8-11H2,(H,20,21)/p-1. The van der Waals surface area contributed by atoms with Gasteiger partial charge in [0.15, 0.2) is 0 Å². The zero-order valence-electron chi connectivity index (χ0n) is 12.0. The number of amides is 1. The smallest absolute Gasteiger partial charge is 0.263 e. The van der Waals surface area contributed by atoms with Gasteiger partial charge in [0.05, 0.1) is 10.8 Å². The molecule has 0 spiro atoms. The molecule has 5 heteroatoms. The van der Waals surface area contributed by atoms with Crippen LogP contribution in [0.3, 0.4) is 0 Å². The van der Waals surface area contributed by atoms with Crippen LogP contribution in [-0.2, 0) is 10.2 Å². The molecule has 1 aromatic carbocycles. The number of rotatable bonds is 3. The molecule has 0 radical (unpaired) electrons. The Morgan fingerprint density at radius 2 is 1.73 bits per heavy atom. The van der Waals surface area contributed by atoms with Gasteiger partial charge in [-0.3, -0.25) is 4.79 Å². The second-order valence-corrected chi connectivity index (χ2v) is 6.45. The Hall–Kier alpha value is -2.14.